The number of benzene rings is 4. The van der Waals surface area contributed by atoms with Crippen LogP contribution in [0.15, 0.2) is 84.9 Å². The van der Waals surface area contributed by atoms with Crippen LogP contribution in [0, 0.1) is 0 Å². The summed E-state index contributed by atoms with van der Waals surface area (Å²) in [6.45, 7) is 1.93. The molecule has 0 fully saturated rings. The fraction of sp³-hybridized carbons (Fsp3) is 0.100. The number of hydrogen-bond acceptors (Lipinski definition) is 3. The van der Waals surface area contributed by atoms with Crippen molar-refractivity contribution < 1.29 is 14.7 Å². The van der Waals surface area contributed by atoms with E-state index >= 15 is 0 Å². The third kappa shape index (κ3) is 5.01. The van der Waals surface area contributed by atoms with Gasteiger partial charge in [0.1, 0.15) is 5.82 Å². The zero-order valence-electron chi connectivity index (χ0n) is 19.8. The molecule has 5 nitrogen and oxygen atoms in total. The third-order valence-electron chi connectivity index (χ3n) is 6.42. The molecule has 37 heavy (non-hydrogen) atoms. The number of hydrogen-bond donors (Lipinski definition) is 2. The summed E-state index contributed by atoms with van der Waals surface area (Å²) < 4.78 is 0. The first kappa shape index (κ1) is 24.8. The number of aromatic carboxylic acids is 1. The average molecular weight is 529 g/mol. The van der Waals surface area contributed by atoms with Crippen LogP contribution in [0.1, 0.15) is 45.5 Å². The second kappa shape index (κ2) is 10.2. The van der Waals surface area contributed by atoms with E-state index in [-0.39, 0.29) is 23.7 Å². The number of aromatic nitrogens is 2. The SMILES string of the molecule is C[C@@H](CC(=O)c1ccc(-c2cc(Cl)ccc2-c2nc3ccccc3[nH]2)c(C(=O)O)c1)c1ccccc1Cl. The number of ketones is 1. The Morgan fingerprint density at radius 2 is 1.62 bits per heavy atom. The molecule has 0 spiro atoms. The molecule has 0 aliphatic heterocycles. The van der Waals surface area contributed by atoms with Crippen LogP contribution in [-0.4, -0.2) is 26.8 Å². The highest BCUT2D eigenvalue weighted by Crippen LogP contribution is 2.37. The number of para-hydroxylation sites is 2. The summed E-state index contributed by atoms with van der Waals surface area (Å²) in [6.07, 6.45) is 0.198. The second-order valence-electron chi connectivity index (χ2n) is 8.91. The monoisotopic (exact) mass is 528 g/mol. The Kier molecular flexibility index (Phi) is 6.83. The van der Waals surface area contributed by atoms with Gasteiger partial charge in [0.2, 0.25) is 0 Å². The van der Waals surface area contributed by atoms with Crippen molar-refractivity contribution in [2.24, 2.45) is 0 Å². The number of halogens is 2. The molecule has 0 saturated carbocycles. The Balaban J connectivity index is 1.54. The van der Waals surface area contributed by atoms with Gasteiger partial charge in [0, 0.05) is 27.6 Å². The summed E-state index contributed by atoms with van der Waals surface area (Å²) in [5.41, 5.74) is 4.63. The number of Topliss-reactive ketones (excluding diaryl/α,β-unsaturated/α-hetero) is 1. The molecule has 5 rings (SSSR count). The molecule has 5 aromatic rings. The normalized spacial score (nSPS) is 12.0. The molecule has 2 N–H and O–H groups in total. The molecular weight excluding hydrogens is 507 g/mol. The first-order valence-electron chi connectivity index (χ1n) is 11.7. The molecule has 0 unspecified atom stereocenters. The molecule has 0 radical (unpaired) electrons. The molecular formula is C30H22Cl2N2O3. The maximum Gasteiger partial charge on any atom is 0.336 e. The van der Waals surface area contributed by atoms with Gasteiger partial charge in [-0.15, -0.1) is 0 Å². The van der Waals surface area contributed by atoms with E-state index in [1.807, 2.05) is 55.5 Å². The lowest BCUT2D eigenvalue weighted by molar-refractivity contribution is 0.0697. The summed E-state index contributed by atoms with van der Waals surface area (Å²) >= 11 is 12.6. The number of nitrogens with zero attached hydrogens (tertiary/aromatic N) is 1. The lowest BCUT2D eigenvalue weighted by atomic mass is 9.90. The molecule has 1 aromatic heterocycles. The number of carboxylic acid groups (broad SMARTS) is 1. The van der Waals surface area contributed by atoms with Crippen LogP contribution >= 0.6 is 23.2 Å². The zero-order valence-corrected chi connectivity index (χ0v) is 21.3. The standard InChI is InChI=1S/C30H22Cl2N2O3/c1-17(20-6-2-3-7-25(20)32)14-28(35)18-10-12-21(24(15-18)30(36)37)23-16-19(31)11-13-22(23)29-33-26-8-4-5-9-27(26)34-29/h2-13,15-17H,14H2,1H3,(H,33,34)(H,36,37)/t17-/m0/s1. The van der Waals surface area contributed by atoms with E-state index in [4.69, 9.17) is 23.2 Å². The number of carbonyl (C=O) groups excluding carboxylic acids is 1. The Hall–Kier alpha value is -3.93. The van der Waals surface area contributed by atoms with Gasteiger partial charge in [-0.2, -0.15) is 0 Å². The highest BCUT2D eigenvalue weighted by Gasteiger charge is 2.21. The number of carbonyl (C=O) groups is 2. The number of H-pyrrole nitrogens is 1. The van der Waals surface area contributed by atoms with Crippen molar-refractivity contribution >= 4 is 46.0 Å². The molecule has 0 bridgehead atoms. The lowest BCUT2D eigenvalue weighted by Gasteiger charge is -2.15. The molecule has 0 aliphatic carbocycles. The quantitative estimate of drug-likeness (QED) is 0.208. The average Bonchev–Trinajstić information content (AvgIpc) is 3.32. The molecule has 1 atom stereocenters. The summed E-state index contributed by atoms with van der Waals surface area (Å²) in [6, 6.07) is 25.1. The van der Waals surface area contributed by atoms with Gasteiger partial charge in [-0.25, -0.2) is 9.78 Å². The van der Waals surface area contributed by atoms with Gasteiger partial charge in [0.15, 0.2) is 5.78 Å². The Morgan fingerprint density at radius 3 is 2.38 bits per heavy atom. The minimum atomic E-state index is -1.14. The van der Waals surface area contributed by atoms with E-state index in [2.05, 4.69) is 9.97 Å². The van der Waals surface area contributed by atoms with E-state index in [9.17, 15) is 14.7 Å². The summed E-state index contributed by atoms with van der Waals surface area (Å²) in [5, 5.41) is 11.1. The maximum absolute atomic E-state index is 13.1. The first-order valence-corrected chi connectivity index (χ1v) is 12.5. The van der Waals surface area contributed by atoms with Crippen molar-refractivity contribution in [3.63, 3.8) is 0 Å². The number of aromatic amines is 1. The van der Waals surface area contributed by atoms with E-state index < -0.39 is 5.97 Å². The van der Waals surface area contributed by atoms with E-state index in [1.54, 1.807) is 30.3 Å². The third-order valence-corrected chi connectivity index (χ3v) is 7.00. The summed E-state index contributed by atoms with van der Waals surface area (Å²) in [4.78, 5) is 33.5. The van der Waals surface area contributed by atoms with Gasteiger partial charge in [-0.05, 0) is 65.1 Å². The highest BCUT2D eigenvalue weighted by molar-refractivity contribution is 6.31. The number of rotatable bonds is 7. The minimum absolute atomic E-state index is 0.0101. The Morgan fingerprint density at radius 1 is 0.892 bits per heavy atom. The molecule has 0 amide bonds. The predicted molar refractivity (Wildman–Crippen MR) is 148 cm³/mol. The van der Waals surface area contributed by atoms with E-state index in [1.165, 1.54) is 6.07 Å². The number of nitrogens with one attached hydrogen (secondary N) is 1. The van der Waals surface area contributed by atoms with Crippen LogP contribution in [-0.2, 0) is 0 Å². The molecule has 0 aliphatic rings. The fourth-order valence-corrected chi connectivity index (χ4v) is 5.03. The predicted octanol–water partition coefficient (Wildman–Crippen LogP) is 8.28. The molecule has 4 aromatic carbocycles. The topological polar surface area (TPSA) is 83.0 Å². The van der Waals surface area contributed by atoms with Gasteiger partial charge in [-0.3, -0.25) is 4.79 Å². The first-order chi connectivity index (χ1) is 17.8. The van der Waals surface area contributed by atoms with Crippen LogP contribution < -0.4 is 0 Å². The smallest absolute Gasteiger partial charge is 0.336 e. The van der Waals surface area contributed by atoms with Crippen molar-refractivity contribution in [2.45, 2.75) is 19.3 Å². The highest BCUT2D eigenvalue weighted by atomic mass is 35.5. The number of fused-ring (bicyclic) bond motifs is 1. The van der Waals surface area contributed by atoms with E-state index in [0.717, 1.165) is 16.6 Å². The second-order valence-corrected chi connectivity index (χ2v) is 9.75. The molecule has 1 heterocycles. The minimum Gasteiger partial charge on any atom is -0.478 e. The summed E-state index contributed by atoms with van der Waals surface area (Å²) in [5.74, 6) is -0.830. The van der Waals surface area contributed by atoms with Gasteiger partial charge < -0.3 is 10.1 Å². The Labute approximate surface area is 223 Å². The van der Waals surface area contributed by atoms with Crippen LogP contribution in [0.4, 0.5) is 0 Å². The van der Waals surface area contributed by atoms with Crippen molar-refractivity contribution in [2.75, 3.05) is 0 Å². The molecule has 7 heteroatoms. The summed E-state index contributed by atoms with van der Waals surface area (Å²) in [7, 11) is 0. The van der Waals surface area contributed by atoms with Gasteiger partial charge in [0.05, 0.1) is 16.6 Å². The molecule has 184 valence electrons. The molecule has 0 saturated heterocycles. The van der Waals surface area contributed by atoms with Crippen LogP contribution in [0.2, 0.25) is 10.0 Å². The fourth-order valence-electron chi connectivity index (χ4n) is 4.54. The van der Waals surface area contributed by atoms with Crippen molar-refractivity contribution in [3.8, 4) is 22.5 Å². The van der Waals surface area contributed by atoms with Crippen LogP contribution in [0.5, 0.6) is 0 Å². The van der Waals surface area contributed by atoms with Crippen molar-refractivity contribution in [1.82, 2.24) is 9.97 Å². The number of imidazole rings is 1. The van der Waals surface area contributed by atoms with Crippen LogP contribution in [0.3, 0.4) is 0 Å². The van der Waals surface area contributed by atoms with Gasteiger partial charge >= 0.3 is 5.97 Å². The van der Waals surface area contributed by atoms with Crippen LogP contribution in [0.25, 0.3) is 33.5 Å². The largest absolute Gasteiger partial charge is 0.478 e. The lowest BCUT2D eigenvalue weighted by Crippen LogP contribution is -2.08. The van der Waals surface area contributed by atoms with Gasteiger partial charge in [0.25, 0.3) is 0 Å². The van der Waals surface area contributed by atoms with Crippen molar-refractivity contribution in [1.29, 1.82) is 0 Å². The maximum atomic E-state index is 13.1. The van der Waals surface area contributed by atoms with Crippen molar-refractivity contribution in [3.05, 3.63) is 112 Å². The zero-order chi connectivity index (χ0) is 26.1. The van der Waals surface area contributed by atoms with Gasteiger partial charge in [-0.1, -0.05) is 72.6 Å². The van der Waals surface area contributed by atoms with E-state index in [0.29, 0.717) is 38.1 Å². The Bertz CT molecular complexity index is 1630. The number of carboxylic acids is 1.